The van der Waals surface area contributed by atoms with Gasteiger partial charge in [0.1, 0.15) is 6.04 Å². The van der Waals surface area contributed by atoms with E-state index in [-0.39, 0.29) is 11.9 Å². The Morgan fingerprint density at radius 1 is 1.65 bits per heavy atom. The van der Waals surface area contributed by atoms with Crippen LogP contribution in [0.15, 0.2) is 18.3 Å². The fourth-order valence-corrected chi connectivity index (χ4v) is 2.24. The number of morpholine rings is 1. The Kier molecular flexibility index (Phi) is 4.92. The third kappa shape index (κ3) is 3.26. The number of nitrogens with one attached hydrogen (secondary N) is 1. The first-order valence-electron chi connectivity index (χ1n) is 6.89. The SMILES string of the molecule is CCNC(=O)C1COCCN1c1ccc([C@@H](C)O)nc1. The molecular formula is C14H21N3O3. The van der Waals surface area contributed by atoms with Crippen molar-refractivity contribution in [2.24, 2.45) is 0 Å². The molecule has 0 bridgehead atoms. The lowest BCUT2D eigenvalue weighted by Gasteiger charge is -2.36. The number of hydrogen-bond acceptors (Lipinski definition) is 5. The van der Waals surface area contributed by atoms with Crippen molar-refractivity contribution in [3.8, 4) is 0 Å². The lowest BCUT2D eigenvalue weighted by molar-refractivity contribution is -0.124. The number of amides is 1. The first kappa shape index (κ1) is 14.7. The van der Waals surface area contributed by atoms with Gasteiger partial charge >= 0.3 is 0 Å². The highest BCUT2D eigenvalue weighted by atomic mass is 16.5. The summed E-state index contributed by atoms with van der Waals surface area (Å²) in [7, 11) is 0. The van der Waals surface area contributed by atoms with Crippen LogP contribution < -0.4 is 10.2 Å². The maximum Gasteiger partial charge on any atom is 0.245 e. The molecule has 2 N–H and O–H groups in total. The minimum atomic E-state index is -0.590. The molecule has 1 aromatic rings. The van der Waals surface area contributed by atoms with Gasteiger partial charge in [0.2, 0.25) is 5.91 Å². The number of hydrogen-bond donors (Lipinski definition) is 2. The molecule has 6 nitrogen and oxygen atoms in total. The van der Waals surface area contributed by atoms with Crippen LogP contribution in [0.1, 0.15) is 25.6 Å². The van der Waals surface area contributed by atoms with Crippen LogP contribution in [0.2, 0.25) is 0 Å². The van der Waals surface area contributed by atoms with Gasteiger partial charge in [0.15, 0.2) is 0 Å². The number of carbonyl (C=O) groups excluding carboxylic acids is 1. The van der Waals surface area contributed by atoms with Crippen molar-refractivity contribution in [1.82, 2.24) is 10.3 Å². The number of carbonyl (C=O) groups is 1. The Labute approximate surface area is 118 Å². The molecule has 1 fully saturated rings. The highest BCUT2D eigenvalue weighted by Crippen LogP contribution is 2.20. The quantitative estimate of drug-likeness (QED) is 0.838. The molecule has 2 heterocycles. The minimum absolute atomic E-state index is 0.0354. The molecule has 20 heavy (non-hydrogen) atoms. The van der Waals surface area contributed by atoms with Gasteiger partial charge < -0.3 is 20.1 Å². The van der Waals surface area contributed by atoms with Crippen molar-refractivity contribution in [2.75, 3.05) is 31.2 Å². The molecule has 1 amide bonds. The summed E-state index contributed by atoms with van der Waals surface area (Å²) in [6.45, 7) is 5.79. The maximum absolute atomic E-state index is 12.1. The Morgan fingerprint density at radius 3 is 3.05 bits per heavy atom. The topological polar surface area (TPSA) is 74.7 Å². The van der Waals surface area contributed by atoms with Crippen LogP contribution in [0.3, 0.4) is 0 Å². The Morgan fingerprint density at radius 2 is 2.45 bits per heavy atom. The zero-order valence-corrected chi connectivity index (χ0v) is 11.9. The largest absolute Gasteiger partial charge is 0.387 e. The highest BCUT2D eigenvalue weighted by Gasteiger charge is 2.29. The van der Waals surface area contributed by atoms with Crippen LogP contribution in [-0.2, 0) is 9.53 Å². The van der Waals surface area contributed by atoms with Crippen LogP contribution in [0.5, 0.6) is 0 Å². The normalized spacial score (nSPS) is 20.6. The van der Waals surface area contributed by atoms with E-state index in [4.69, 9.17) is 4.74 Å². The summed E-state index contributed by atoms with van der Waals surface area (Å²) in [5, 5.41) is 12.3. The lowest BCUT2D eigenvalue weighted by Crippen LogP contribution is -2.54. The Bertz CT molecular complexity index is 447. The number of rotatable bonds is 4. The van der Waals surface area contributed by atoms with E-state index in [1.54, 1.807) is 19.2 Å². The number of likely N-dealkylation sites (N-methyl/N-ethyl adjacent to an activating group) is 1. The van der Waals surface area contributed by atoms with Crippen molar-refractivity contribution in [3.63, 3.8) is 0 Å². The summed E-state index contributed by atoms with van der Waals surface area (Å²) >= 11 is 0. The molecule has 1 aliphatic heterocycles. The smallest absolute Gasteiger partial charge is 0.245 e. The fourth-order valence-electron chi connectivity index (χ4n) is 2.24. The molecule has 6 heteroatoms. The molecule has 0 radical (unpaired) electrons. The van der Waals surface area contributed by atoms with Gasteiger partial charge in [-0.25, -0.2) is 0 Å². The maximum atomic E-state index is 12.1. The molecule has 1 aromatic heterocycles. The molecule has 2 atom stereocenters. The number of aromatic nitrogens is 1. The number of ether oxygens (including phenoxy) is 1. The van der Waals surface area contributed by atoms with Gasteiger partial charge in [-0.1, -0.05) is 0 Å². The molecule has 1 aliphatic rings. The van der Waals surface area contributed by atoms with Crippen LogP contribution in [0.25, 0.3) is 0 Å². The van der Waals surface area contributed by atoms with Crippen molar-refractivity contribution in [1.29, 1.82) is 0 Å². The number of aliphatic hydroxyl groups is 1. The predicted octanol–water partition coefficient (Wildman–Crippen LogP) is 0.476. The Hall–Kier alpha value is -1.66. The lowest BCUT2D eigenvalue weighted by atomic mass is 10.1. The monoisotopic (exact) mass is 279 g/mol. The second-order valence-corrected chi connectivity index (χ2v) is 4.80. The van der Waals surface area contributed by atoms with Gasteiger partial charge in [-0.15, -0.1) is 0 Å². The van der Waals surface area contributed by atoms with Gasteiger partial charge in [-0.2, -0.15) is 0 Å². The highest BCUT2D eigenvalue weighted by molar-refractivity contribution is 5.85. The van der Waals surface area contributed by atoms with Crippen molar-refractivity contribution in [2.45, 2.75) is 26.0 Å². The first-order chi connectivity index (χ1) is 9.63. The molecule has 110 valence electrons. The zero-order valence-electron chi connectivity index (χ0n) is 11.9. The second kappa shape index (κ2) is 6.67. The average molecular weight is 279 g/mol. The third-order valence-electron chi connectivity index (χ3n) is 3.31. The predicted molar refractivity (Wildman–Crippen MR) is 75.5 cm³/mol. The fraction of sp³-hybridized carbons (Fsp3) is 0.571. The number of pyridine rings is 1. The van der Waals surface area contributed by atoms with Crippen LogP contribution in [-0.4, -0.2) is 48.3 Å². The van der Waals surface area contributed by atoms with E-state index in [0.717, 1.165) is 5.69 Å². The van der Waals surface area contributed by atoms with Gasteiger partial charge in [-0.3, -0.25) is 9.78 Å². The van der Waals surface area contributed by atoms with Crippen LogP contribution in [0, 0.1) is 0 Å². The van der Waals surface area contributed by atoms with E-state index in [2.05, 4.69) is 10.3 Å². The van der Waals surface area contributed by atoms with Gasteiger partial charge in [0, 0.05) is 13.1 Å². The molecule has 0 aliphatic carbocycles. The van der Waals surface area contributed by atoms with E-state index < -0.39 is 6.10 Å². The Balaban J connectivity index is 2.16. The summed E-state index contributed by atoms with van der Waals surface area (Å²) in [6, 6.07) is 3.33. The zero-order chi connectivity index (χ0) is 14.5. The summed E-state index contributed by atoms with van der Waals surface area (Å²) in [5.41, 5.74) is 1.49. The summed E-state index contributed by atoms with van der Waals surface area (Å²) in [4.78, 5) is 18.3. The summed E-state index contributed by atoms with van der Waals surface area (Å²) < 4.78 is 5.40. The molecule has 1 unspecified atom stereocenters. The van der Waals surface area contributed by atoms with Crippen molar-refractivity contribution < 1.29 is 14.6 Å². The van der Waals surface area contributed by atoms with E-state index in [1.165, 1.54) is 0 Å². The van der Waals surface area contributed by atoms with E-state index in [1.807, 2.05) is 17.9 Å². The van der Waals surface area contributed by atoms with Gasteiger partial charge in [0.25, 0.3) is 0 Å². The molecule has 0 aromatic carbocycles. The number of nitrogens with zero attached hydrogens (tertiary/aromatic N) is 2. The third-order valence-corrected chi connectivity index (χ3v) is 3.31. The molecule has 0 saturated carbocycles. The standard InChI is InChI=1S/C14H21N3O3/c1-3-15-14(19)13-9-20-7-6-17(13)11-4-5-12(10(2)18)16-8-11/h4-5,8,10,13,18H,3,6-7,9H2,1-2H3,(H,15,19)/t10-,13?/m1/s1. The molecular weight excluding hydrogens is 258 g/mol. The number of anilines is 1. The van der Waals surface area contributed by atoms with E-state index >= 15 is 0 Å². The van der Waals surface area contributed by atoms with Crippen molar-refractivity contribution >= 4 is 11.6 Å². The molecule has 0 spiro atoms. The summed E-state index contributed by atoms with van der Waals surface area (Å²) in [6.07, 6.45) is 1.10. The van der Waals surface area contributed by atoms with Gasteiger partial charge in [-0.05, 0) is 26.0 Å². The van der Waals surface area contributed by atoms with Crippen LogP contribution in [0.4, 0.5) is 5.69 Å². The number of aliphatic hydroxyl groups excluding tert-OH is 1. The van der Waals surface area contributed by atoms with E-state index in [0.29, 0.717) is 32.0 Å². The average Bonchev–Trinajstić information content (AvgIpc) is 2.47. The molecule has 2 rings (SSSR count). The van der Waals surface area contributed by atoms with Gasteiger partial charge in [0.05, 0.1) is 36.9 Å². The molecule has 1 saturated heterocycles. The summed E-state index contributed by atoms with van der Waals surface area (Å²) in [5.74, 6) is -0.0354. The van der Waals surface area contributed by atoms with Crippen LogP contribution >= 0.6 is 0 Å². The second-order valence-electron chi connectivity index (χ2n) is 4.80. The van der Waals surface area contributed by atoms with E-state index in [9.17, 15) is 9.90 Å². The first-order valence-corrected chi connectivity index (χ1v) is 6.89. The van der Waals surface area contributed by atoms with Crippen molar-refractivity contribution in [3.05, 3.63) is 24.0 Å². The minimum Gasteiger partial charge on any atom is -0.387 e.